The number of nitrogens with zero attached hydrogens (tertiary/aromatic N) is 3. The zero-order valence-electron chi connectivity index (χ0n) is 11.7. The van der Waals surface area contributed by atoms with Crippen LogP contribution >= 0.6 is 0 Å². The maximum Gasteiger partial charge on any atom is 0.105 e. The largest absolute Gasteiger partial charge is 0.334 e. The number of imidazole rings is 1. The predicted molar refractivity (Wildman–Crippen MR) is 74.5 cm³/mol. The molecule has 0 aliphatic heterocycles. The molecule has 0 radical (unpaired) electrons. The minimum atomic E-state index is 0.243. The average molecular weight is 250 g/mol. The summed E-state index contributed by atoms with van der Waals surface area (Å²) >= 11 is 0. The highest BCUT2D eigenvalue weighted by molar-refractivity contribution is 4.94. The summed E-state index contributed by atoms with van der Waals surface area (Å²) in [6.07, 6.45) is 10.5. The third kappa shape index (κ3) is 2.75. The third-order valence-electron chi connectivity index (χ3n) is 4.57. The molecular formula is C14H26N4. The van der Waals surface area contributed by atoms with Crippen LogP contribution in [0, 0.1) is 6.92 Å². The van der Waals surface area contributed by atoms with E-state index in [1.165, 1.54) is 32.1 Å². The molecule has 1 aliphatic carbocycles. The molecule has 4 nitrogen and oxygen atoms in total. The van der Waals surface area contributed by atoms with Crippen LogP contribution in [0.15, 0.2) is 12.4 Å². The lowest BCUT2D eigenvalue weighted by molar-refractivity contribution is 0.0792. The van der Waals surface area contributed by atoms with Crippen LogP contribution in [0.4, 0.5) is 0 Å². The first-order chi connectivity index (χ1) is 8.68. The van der Waals surface area contributed by atoms with E-state index in [0.29, 0.717) is 0 Å². The normalized spacial score (nSPS) is 19.3. The number of aryl methyl sites for hydroxylation is 1. The van der Waals surface area contributed by atoms with E-state index in [-0.39, 0.29) is 5.54 Å². The summed E-state index contributed by atoms with van der Waals surface area (Å²) in [5.74, 6) is 1.09. The Labute approximate surface area is 110 Å². The Morgan fingerprint density at radius 2 is 2.11 bits per heavy atom. The Morgan fingerprint density at radius 3 is 2.67 bits per heavy atom. The van der Waals surface area contributed by atoms with E-state index in [1.807, 2.05) is 6.20 Å². The smallest absolute Gasteiger partial charge is 0.105 e. The number of rotatable bonds is 5. The molecule has 2 N–H and O–H groups in total. The van der Waals surface area contributed by atoms with Crippen molar-refractivity contribution in [2.75, 3.05) is 20.1 Å². The monoisotopic (exact) mass is 250 g/mol. The van der Waals surface area contributed by atoms with Crippen molar-refractivity contribution in [1.82, 2.24) is 14.5 Å². The van der Waals surface area contributed by atoms with Crippen molar-refractivity contribution in [3.63, 3.8) is 0 Å². The fourth-order valence-corrected chi connectivity index (χ4v) is 3.09. The molecule has 0 atom stereocenters. The number of hydrogen-bond acceptors (Lipinski definition) is 3. The second-order valence-electron chi connectivity index (χ2n) is 5.58. The number of hydrogen-bond donors (Lipinski definition) is 1. The molecule has 1 fully saturated rings. The molecule has 1 aromatic heterocycles. The van der Waals surface area contributed by atoms with Gasteiger partial charge in [0.05, 0.1) is 0 Å². The second kappa shape index (κ2) is 5.85. The Morgan fingerprint density at radius 1 is 1.39 bits per heavy atom. The molecule has 1 aliphatic rings. The first kappa shape index (κ1) is 13.6. The first-order valence-corrected chi connectivity index (χ1v) is 7.07. The molecule has 0 unspecified atom stereocenters. The fourth-order valence-electron chi connectivity index (χ4n) is 3.09. The molecule has 18 heavy (non-hydrogen) atoms. The maximum absolute atomic E-state index is 6.06. The highest BCUT2D eigenvalue weighted by atomic mass is 15.2. The molecule has 0 saturated heterocycles. The maximum atomic E-state index is 6.06. The second-order valence-corrected chi connectivity index (χ2v) is 5.58. The lowest BCUT2D eigenvalue weighted by Gasteiger charge is -2.44. The zero-order valence-corrected chi connectivity index (χ0v) is 11.7. The van der Waals surface area contributed by atoms with Crippen LogP contribution in [-0.4, -0.2) is 40.1 Å². The van der Waals surface area contributed by atoms with Gasteiger partial charge in [-0.3, -0.25) is 4.90 Å². The van der Waals surface area contributed by atoms with Gasteiger partial charge in [0, 0.05) is 37.6 Å². The van der Waals surface area contributed by atoms with Gasteiger partial charge < -0.3 is 10.3 Å². The zero-order chi connectivity index (χ0) is 13.0. The van der Waals surface area contributed by atoms with Gasteiger partial charge in [0.2, 0.25) is 0 Å². The molecule has 2 rings (SSSR count). The Hall–Kier alpha value is -0.870. The molecule has 0 aromatic carbocycles. The Bertz CT molecular complexity index is 366. The van der Waals surface area contributed by atoms with Crippen molar-refractivity contribution in [1.29, 1.82) is 0 Å². The molecule has 1 saturated carbocycles. The summed E-state index contributed by atoms with van der Waals surface area (Å²) in [5.41, 5.74) is 6.30. The quantitative estimate of drug-likeness (QED) is 0.866. The van der Waals surface area contributed by atoms with Gasteiger partial charge in [-0.15, -0.1) is 0 Å². The minimum absolute atomic E-state index is 0.243. The van der Waals surface area contributed by atoms with E-state index in [0.717, 1.165) is 25.5 Å². The Balaban J connectivity index is 1.93. The van der Waals surface area contributed by atoms with Gasteiger partial charge in [0.25, 0.3) is 0 Å². The van der Waals surface area contributed by atoms with Gasteiger partial charge in [-0.05, 0) is 26.8 Å². The summed E-state index contributed by atoms with van der Waals surface area (Å²) in [4.78, 5) is 6.74. The molecule has 0 spiro atoms. The summed E-state index contributed by atoms with van der Waals surface area (Å²) in [5, 5.41) is 0. The number of nitrogens with two attached hydrogens (primary N) is 1. The van der Waals surface area contributed by atoms with Crippen molar-refractivity contribution >= 4 is 0 Å². The van der Waals surface area contributed by atoms with Crippen LogP contribution in [0.3, 0.4) is 0 Å². The van der Waals surface area contributed by atoms with Gasteiger partial charge in [-0.2, -0.15) is 0 Å². The van der Waals surface area contributed by atoms with E-state index in [9.17, 15) is 0 Å². The van der Waals surface area contributed by atoms with Gasteiger partial charge in [-0.25, -0.2) is 4.98 Å². The van der Waals surface area contributed by atoms with Gasteiger partial charge >= 0.3 is 0 Å². The van der Waals surface area contributed by atoms with Crippen molar-refractivity contribution in [3.8, 4) is 0 Å². The van der Waals surface area contributed by atoms with E-state index >= 15 is 0 Å². The van der Waals surface area contributed by atoms with Crippen molar-refractivity contribution in [2.45, 2.75) is 51.1 Å². The SMILES string of the molecule is Cc1nccn1CCN(C)C1(CN)CCCCC1. The number of aromatic nitrogens is 2. The van der Waals surface area contributed by atoms with Crippen LogP contribution in [0.2, 0.25) is 0 Å². The predicted octanol–water partition coefficient (Wildman–Crippen LogP) is 1.78. The van der Waals surface area contributed by atoms with E-state index in [2.05, 4.69) is 34.6 Å². The molecule has 1 heterocycles. The van der Waals surface area contributed by atoms with E-state index in [4.69, 9.17) is 5.73 Å². The highest BCUT2D eigenvalue weighted by Crippen LogP contribution is 2.31. The summed E-state index contributed by atoms with van der Waals surface area (Å²) < 4.78 is 2.21. The Kier molecular flexibility index (Phi) is 4.40. The lowest BCUT2D eigenvalue weighted by atomic mass is 9.80. The van der Waals surface area contributed by atoms with Crippen molar-refractivity contribution in [3.05, 3.63) is 18.2 Å². The molecule has 0 amide bonds. The lowest BCUT2D eigenvalue weighted by Crippen LogP contribution is -2.54. The molecule has 4 heteroatoms. The molecule has 102 valence electrons. The first-order valence-electron chi connectivity index (χ1n) is 7.07. The standard InChI is InChI=1S/C14H26N4/c1-13-16-8-9-18(13)11-10-17(2)14(12-15)6-4-3-5-7-14/h8-9H,3-7,10-12,15H2,1-2H3. The highest BCUT2D eigenvalue weighted by Gasteiger charge is 2.34. The summed E-state index contributed by atoms with van der Waals surface area (Å²) in [7, 11) is 2.23. The number of likely N-dealkylation sites (N-methyl/N-ethyl adjacent to an activating group) is 1. The van der Waals surface area contributed by atoms with Crippen molar-refractivity contribution < 1.29 is 0 Å². The van der Waals surface area contributed by atoms with Crippen LogP contribution in [0.5, 0.6) is 0 Å². The van der Waals surface area contributed by atoms with Gasteiger partial charge in [-0.1, -0.05) is 19.3 Å². The van der Waals surface area contributed by atoms with Crippen molar-refractivity contribution in [2.24, 2.45) is 5.73 Å². The fraction of sp³-hybridized carbons (Fsp3) is 0.786. The third-order valence-corrected chi connectivity index (χ3v) is 4.57. The van der Waals surface area contributed by atoms with Gasteiger partial charge in [0.1, 0.15) is 5.82 Å². The molecule has 0 bridgehead atoms. The summed E-state index contributed by atoms with van der Waals surface area (Å²) in [6, 6.07) is 0. The van der Waals surface area contributed by atoms with Gasteiger partial charge in [0.15, 0.2) is 0 Å². The van der Waals surface area contributed by atoms with Crippen LogP contribution in [0.1, 0.15) is 37.9 Å². The van der Waals surface area contributed by atoms with E-state index < -0.39 is 0 Å². The average Bonchev–Trinajstić information content (AvgIpc) is 2.82. The minimum Gasteiger partial charge on any atom is -0.334 e. The van der Waals surface area contributed by atoms with Crippen LogP contribution in [0.25, 0.3) is 0 Å². The summed E-state index contributed by atoms with van der Waals surface area (Å²) in [6.45, 7) is 4.89. The topological polar surface area (TPSA) is 47.1 Å². The molecular weight excluding hydrogens is 224 g/mol. The van der Waals surface area contributed by atoms with Crippen LogP contribution < -0.4 is 5.73 Å². The van der Waals surface area contributed by atoms with Crippen LogP contribution in [-0.2, 0) is 6.54 Å². The molecule has 1 aromatic rings. The van der Waals surface area contributed by atoms with E-state index in [1.54, 1.807) is 0 Å².